The van der Waals surface area contributed by atoms with Gasteiger partial charge in [0, 0.05) is 30.4 Å². The number of ether oxygens (including phenoxy) is 1. The van der Waals surface area contributed by atoms with Crippen molar-refractivity contribution >= 4 is 23.6 Å². The summed E-state index contributed by atoms with van der Waals surface area (Å²) in [5, 5.41) is 23.2. The number of aromatic nitrogens is 3. The first-order valence-corrected chi connectivity index (χ1v) is 17.8. The van der Waals surface area contributed by atoms with Gasteiger partial charge >= 0.3 is 0 Å². The molecule has 2 aromatic heterocycles. The number of aliphatic hydroxyl groups is 1. The van der Waals surface area contributed by atoms with Crippen molar-refractivity contribution in [2.45, 2.75) is 98.0 Å². The maximum atomic E-state index is 13.8. The second kappa shape index (κ2) is 20.8. The number of H-pyrrole nitrogens is 1. The van der Waals surface area contributed by atoms with Gasteiger partial charge in [0.2, 0.25) is 17.7 Å². The third-order valence-electron chi connectivity index (χ3n) is 8.86. The van der Waals surface area contributed by atoms with Crippen LogP contribution in [0.5, 0.6) is 5.75 Å². The van der Waals surface area contributed by atoms with Crippen LogP contribution in [-0.4, -0.2) is 74.5 Å². The molecular formula is C38H55N7O6. The topological polar surface area (TPSA) is 187 Å². The Bertz CT molecular complexity index is 1490. The number of aromatic amines is 1. The van der Waals surface area contributed by atoms with Gasteiger partial charge in [0.05, 0.1) is 30.7 Å². The van der Waals surface area contributed by atoms with Gasteiger partial charge in [0.25, 0.3) is 5.91 Å². The Balaban J connectivity index is 1.71. The molecule has 2 heterocycles. The van der Waals surface area contributed by atoms with Gasteiger partial charge in [-0.05, 0) is 54.9 Å². The Morgan fingerprint density at radius 3 is 2.22 bits per heavy atom. The van der Waals surface area contributed by atoms with Gasteiger partial charge in [-0.15, -0.1) is 0 Å². The first-order valence-electron chi connectivity index (χ1n) is 17.8. The zero-order valence-corrected chi connectivity index (χ0v) is 30.6. The molecule has 278 valence electrons. The number of pyridine rings is 1. The molecule has 3 aromatic rings. The van der Waals surface area contributed by atoms with E-state index in [0.29, 0.717) is 30.0 Å². The highest BCUT2D eigenvalue weighted by atomic mass is 16.5. The van der Waals surface area contributed by atoms with Crippen LogP contribution >= 0.6 is 0 Å². The van der Waals surface area contributed by atoms with Crippen molar-refractivity contribution in [2.24, 2.45) is 23.7 Å². The van der Waals surface area contributed by atoms with Crippen molar-refractivity contribution in [2.75, 3.05) is 6.61 Å². The minimum absolute atomic E-state index is 0.0481. The third kappa shape index (κ3) is 13.8. The van der Waals surface area contributed by atoms with E-state index < -0.39 is 42.0 Å². The molecular weight excluding hydrogens is 650 g/mol. The average molecular weight is 706 g/mol. The molecule has 0 bridgehead atoms. The second-order valence-electron chi connectivity index (χ2n) is 13.8. The van der Waals surface area contributed by atoms with Crippen molar-refractivity contribution in [3.05, 3.63) is 78.6 Å². The van der Waals surface area contributed by atoms with Crippen molar-refractivity contribution in [3.8, 4) is 5.75 Å². The lowest BCUT2D eigenvalue weighted by Gasteiger charge is -2.32. The summed E-state index contributed by atoms with van der Waals surface area (Å²) in [6, 6.07) is 11.8. The van der Waals surface area contributed by atoms with Crippen LogP contribution < -0.4 is 26.0 Å². The van der Waals surface area contributed by atoms with Gasteiger partial charge < -0.3 is 36.1 Å². The summed E-state index contributed by atoms with van der Waals surface area (Å²) in [5.74, 6) is -2.01. The quantitative estimate of drug-likeness (QED) is 0.0974. The zero-order valence-electron chi connectivity index (χ0n) is 30.6. The highest BCUT2D eigenvalue weighted by molar-refractivity contribution is 5.89. The number of nitrogens with one attached hydrogen (secondary N) is 5. The Kier molecular flexibility index (Phi) is 16.6. The van der Waals surface area contributed by atoms with E-state index in [0.717, 1.165) is 0 Å². The minimum Gasteiger partial charge on any atom is -0.484 e. The number of para-hydroxylation sites is 1. The number of amides is 4. The van der Waals surface area contributed by atoms with Crippen LogP contribution in [0.25, 0.3) is 0 Å². The fraction of sp³-hybridized carbons (Fsp3) is 0.526. The highest BCUT2D eigenvalue weighted by Gasteiger charge is 2.35. The summed E-state index contributed by atoms with van der Waals surface area (Å²) in [6.45, 7) is 11.5. The predicted molar refractivity (Wildman–Crippen MR) is 194 cm³/mol. The van der Waals surface area contributed by atoms with Crippen LogP contribution in [0, 0.1) is 23.7 Å². The van der Waals surface area contributed by atoms with E-state index >= 15 is 0 Å². The van der Waals surface area contributed by atoms with Crippen molar-refractivity contribution in [3.63, 3.8) is 0 Å². The largest absolute Gasteiger partial charge is 0.484 e. The van der Waals surface area contributed by atoms with Crippen LogP contribution in [0.2, 0.25) is 0 Å². The molecule has 0 aliphatic carbocycles. The molecule has 13 nitrogen and oxygen atoms in total. The van der Waals surface area contributed by atoms with E-state index in [-0.39, 0.29) is 55.6 Å². The van der Waals surface area contributed by atoms with Crippen LogP contribution in [0.15, 0.2) is 67.3 Å². The smallest absolute Gasteiger partial charge is 0.258 e. The lowest BCUT2D eigenvalue weighted by Crippen LogP contribution is -2.55. The lowest BCUT2D eigenvalue weighted by atomic mass is 9.85. The van der Waals surface area contributed by atoms with E-state index in [2.05, 4.69) is 36.2 Å². The Morgan fingerprint density at radius 2 is 1.61 bits per heavy atom. The molecule has 1 aromatic carbocycles. The van der Waals surface area contributed by atoms with Gasteiger partial charge in [-0.1, -0.05) is 72.2 Å². The molecule has 0 radical (unpaired) electrons. The van der Waals surface area contributed by atoms with Crippen LogP contribution in [0.3, 0.4) is 0 Å². The maximum Gasteiger partial charge on any atom is 0.258 e. The molecule has 1 unspecified atom stereocenters. The van der Waals surface area contributed by atoms with Gasteiger partial charge in [0.15, 0.2) is 6.61 Å². The summed E-state index contributed by atoms with van der Waals surface area (Å²) in [4.78, 5) is 65.0. The molecule has 0 spiro atoms. The SMILES string of the molecule is CCC(C)[C@H](NC(=O)[C@H](C[C@H](O)[C@H](CC(C)C)NC(=O)[C@H](Cc1cnc[nH]1)NC(=O)COc1ccccc1)C(C)C)C(=O)NCc1ccccn1. The standard InChI is InChI=1S/C38H55N7O6/c1-7-26(6)35(38(50)41-21-27-13-11-12-16-40-27)45-36(48)30(25(4)5)19-33(46)31(17-24(2)3)44-37(49)32(18-28-20-39-23-42-28)43-34(47)22-51-29-14-9-8-10-15-29/h8-16,20,23-26,30-33,35,46H,7,17-19,21-22H2,1-6H3,(H,39,42)(H,41,50)(H,43,47)(H,44,49)(H,45,48)/t26?,30-,31+,32+,33+,35+/m1/s1. The summed E-state index contributed by atoms with van der Waals surface area (Å²) in [6.07, 6.45) is 4.88. The first-order chi connectivity index (χ1) is 24.4. The number of benzene rings is 1. The van der Waals surface area contributed by atoms with Gasteiger partial charge in [-0.25, -0.2) is 4.98 Å². The Morgan fingerprint density at radius 1 is 0.882 bits per heavy atom. The van der Waals surface area contributed by atoms with Gasteiger partial charge in [-0.3, -0.25) is 24.2 Å². The van der Waals surface area contributed by atoms with Crippen molar-refractivity contribution in [1.29, 1.82) is 0 Å². The van der Waals surface area contributed by atoms with E-state index in [4.69, 9.17) is 4.74 Å². The molecule has 6 N–H and O–H groups in total. The summed E-state index contributed by atoms with van der Waals surface area (Å²) in [5.41, 5.74) is 1.34. The third-order valence-corrected chi connectivity index (χ3v) is 8.86. The van der Waals surface area contributed by atoms with Crippen LogP contribution in [-0.2, 0) is 32.1 Å². The fourth-order valence-corrected chi connectivity index (χ4v) is 5.69. The monoisotopic (exact) mass is 705 g/mol. The highest BCUT2D eigenvalue weighted by Crippen LogP contribution is 2.23. The summed E-state index contributed by atoms with van der Waals surface area (Å²) < 4.78 is 5.57. The normalized spacial score (nSPS) is 14.8. The van der Waals surface area contributed by atoms with Gasteiger partial charge in [0.1, 0.15) is 17.8 Å². The van der Waals surface area contributed by atoms with Crippen LogP contribution in [0.1, 0.15) is 72.2 Å². The number of carbonyl (C=O) groups is 4. The molecule has 4 amide bonds. The van der Waals surface area contributed by atoms with E-state index in [9.17, 15) is 24.3 Å². The number of aliphatic hydroxyl groups excluding tert-OH is 1. The predicted octanol–water partition coefficient (Wildman–Crippen LogP) is 3.31. The molecule has 13 heteroatoms. The zero-order chi connectivity index (χ0) is 37.3. The van der Waals surface area contributed by atoms with E-state index in [1.165, 1.54) is 6.33 Å². The van der Waals surface area contributed by atoms with Crippen LogP contribution in [0.4, 0.5) is 0 Å². The molecule has 0 aliphatic heterocycles. The van der Waals surface area contributed by atoms with Gasteiger partial charge in [-0.2, -0.15) is 0 Å². The molecule has 0 fully saturated rings. The number of hydrogen-bond acceptors (Lipinski definition) is 8. The van der Waals surface area contributed by atoms with E-state index in [1.54, 1.807) is 42.7 Å². The van der Waals surface area contributed by atoms with Crippen molar-refractivity contribution < 1.29 is 29.0 Å². The average Bonchev–Trinajstić information content (AvgIpc) is 3.63. The number of nitrogens with zero attached hydrogens (tertiary/aromatic N) is 2. The second-order valence-corrected chi connectivity index (χ2v) is 13.8. The summed E-state index contributed by atoms with van der Waals surface area (Å²) in [7, 11) is 0. The molecule has 3 rings (SSSR count). The van der Waals surface area contributed by atoms with E-state index in [1.807, 2.05) is 59.7 Å². The number of hydrogen-bond donors (Lipinski definition) is 6. The minimum atomic E-state index is -1.10. The molecule has 6 atom stereocenters. The van der Waals surface area contributed by atoms with Crippen molar-refractivity contribution in [1.82, 2.24) is 36.2 Å². The lowest BCUT2D eigenvalue weighted by molar-refractivity contribution is -0.134. The Hall–Kier alpha value is -4.78. The first kappa shape index (κ1) is 40.6. The molecule has 0 saturated heterocycles. The maximum absolute atomic E-state index is 13.8. The summed E-state index contributed by atoms with van der Waals surface area (Å²) >= 11 is 0. The number of carbonyl (C=O) groups excluding carboxylic acids is 4. The number of imidazole rings is 1. The molecule has 0 aliphatic rings. The fourth-order valence-electron chi connectivity index (χ4n) is 5.69. The molecule has 0 saturated carbocycles. The number of rotatable bonds is 21. The molecule has 51 heavy (non-hydrogen) atoms. The Labute approximate surface area is 301 Å².